The van der Waals surface area contributed by atoms with Gasteiger partial charge in [0.25, 0.3) is 0 Å². The van der Waals surface area contributed by atoms with Gasteiger partial charge in [-0.3, -0.25) is 4.79 Å². The Morgan fingerprint density at radius 1 is 1.10 bits per heavy atom. The highest BCUT2D eigenvalue weighted by Gasteiger charge is 2.18. The maximum Gasteiger partial charge on any atom is 0.248 e. The van der Waals surface area contributed by atoms with Crippen LogP contribution in [0.25, 0.3) is 11.1 Å². The first-order valence-corrected chi connectivity index (χ1v) is 12.1. The Bertz CT molecular complexity index is 1340. The van der Waals surface area contributed by atoms with Gasteiger partial charge < -0.3 is 5.32 Å². The van der Waals surface area contributed by atoms with Crippen molar-refractivity contribution in [3.8, 4) is 11.1 Å². The Hall–Kier alpha value is -2.85. The Labute approximate surface area is 182 Å². The number of benzene rings is 2. The lowest BCUT2D eigenvalue weighted by Crippen LogP contribution is -2.11. The normalized spacial score (nSPS) is 11.4. The zero-order valence-electron chi connectivity index (χ0n) is 15.8. The molecule has 0 saturated heterocycles. The summed E-state index contributed by atoms with van der Waals surface area (Å²) >= 11 is 2.35. The van der Waals surface area contributed by atoms with Gasteiger partial charge in [-0.2, -0.15) is 0 Å². The van der Waals surface area contributed by atoms with E-state index in [2.05, 4.69) is 10.3 Å². The van der Waals surface area contributed by atoms with Gasteiger partial charge in [-0.05, 0) is 41.6 Å². The number of carbonyl (C=O) groups is 1. The number of nitrogens with two attached hydrogens (primary N) is 1. The number of aromatic nitrogens is 1. The van der Waals surface area contributed by atoms with E-state index >= 15 is 0 Å². The molecule has 0 spiro atoms. The van der Waals surface area contributed by atoms with Crippen LogP contribution in [-0.2, 0) is 10.0 Å². The van der Waals surface area contributed by atoms with Crippen molar-refractivity contribution in [3.05, 3.63) is 82.2 Å². The highest BCUT2D eigenvalue weighted by Crippen LogP contribution is 2.33. The van der Waals surface area contributed by atoms with Crippen molar-refractivity contribution in [3.63, 3.8) is 0 Å². The van der Waals surface area contributed by atoms with Gasteiger partial charge in [0, 0.05) is 16.8 Å². The van der Waals surface area contributed by atoms with E-state index in [1.807, 2.05) is 49.4 Å². The predicted octanol–water partition coefficient (Wildman–Crippen LogP) is 4.80. The number of hydrogen-bond donors (Lipinski definition) is 2. The molecule has 0 amide bonds. The summed E-state index contributed by atoms with van der Waals surface area (Å²) in [7, 11) is -3.80. The lowest BCUT2D eigenvalue weighted by atomic mass is 10.0. The van der Waals surface area contributed by atoms with Gasteiger partial charge >= 0.3 is 0 Å². The van der Waals surface area contributed by atoms with Gasteiger partial charge in [0.2, 0.25) is 15.8 Å². The lowest BCUT2D eigenvalue weighted by Gasteiger charge is -2.07. The molecule has 4 aromatic rings. The molecule has 2 aromatic heterocycles. The lowest BCUT2D eigenvalue weighted by molar-refractivity contribution is 0.104. The van der Waals surface area contributed by atoms with Crippen molar-refractivity contribution in [1.29, 1.82) is 0 Å². The number of ketones is 1. The van der Waals surface area contributed by atoms with E-state index in [1.165, 1.54) is 11.3 Å². The molecule has 2 aromatic carbocycles. The van der Waals surface area contributed by atoms with Crippen LogP contribution in [0.4, 0.5) is 10.8 Å². The summed E-state index contributed by atoms with van der Waals surface area (Å²) in [6.45, 7) is 1.90. The minimum atomic E-state index is -3.80. The number of thiophene rings is 1. The van der Waals surface area contributed by atoms with E-state index < -0.39 is 10.0 Å². The van der Waals surface area contributed by atoms with Crippen molar-refractivity contribution >= 4 is 49.3 Å². The number of thiazole rings is 1. The molecule has 0 radical (unpaired) electrons. The smallest absolute Gasteiger partial charge is 0.248 e. The molecule has 0 saturated carbocycles. The number of primary sulfonamides is 1. The first-order valence-electron chi connectivity index (χ1n) is 8.87. The molecule has 0 unspecified atom stereocenters. The third kappa shape index (κ3) is 4.19. The Morgan fingerprint density at radius 3 is 2.67 bits per heavy atom. The van der Waals surface area contributed by atoms with Gasteiger partial charge in [0.1, 0.15) is 4.21 Å². The fraction of sp³-hybridized carbons (Fsp3) is 0.0476. The van der Waals surface area contributed by atoms with E-state index in [0.717, 1.165) is 28.2 Å². The van der Waals surface area contributed by atoms with Crippen LogP contribution in [0, 0.1) is 6.92 Å². The quantitative estimate of drug-likeness (QED) is 0.407. The molecule has 0 aliphatic heterocycles. The third-order valence-electron chi connectivity index (χ3n) is 4.43. The minimum absolute atomic E-state index is 0.0662. The van der Waals surface area contributed by atoms with Gasteiger partial charge in [-0.15, -0.1) is 11.3 Å². The largest absolute Gasteiger partial charge is 0.332 e. The zero-order chi connectivity index (χ0) is 21.3. The van der Waals surface area contributed by atoms with Crippen molar-refractivity contribution < 1.29 is 13.2 Å². The molecular formula is C21H17N3O3S3. The first-order chi connectivity index (χ1) is 14.3. The van der Waals surface area contributed by atoms with Gasteiger partial charge in [0.15, 0.2) is 5.13 Å². The molecule has 0 atom stereocenters. The molecule has 0 bridgehead atoms. The summed E-state index contributed by atoms with van der Waals surface area (Å²) in [4.78, 5) is 17.6. The van der Waals surface area contributed by atoms with Crippen LogP contribution in [0.15, 0.2) is 70.4 Å². The molecule has 152 valence electrons. The van der Waals surface area contributed by atoms with Gasteiger partial charge in [-0.1, -0.05) is 47.7 Å². The van der Waals surface area contributed by atoms with Crippen LogP contribution in [0.2, 0.25) is 0 Å². The molecular weight excluding hydrogens is 438 g/mol. The number of rotatable bonds is 6. The average molecular weight is 456 g/mol. The van der Waals surface area contributed by atoms with Gasteiger partial charge in [0.05, 0.1) is 11.1 Å². The molecule has 4 rings (SSSR count). The highest BCUT2D eigenvalue weighted by molar-refractivity contribution is 7.91. The van der Waals surface area contributed by atoms with Crippen LogP contribution < -0.4 is 10.5 Å². The molecule has 9 heteroatoms. The number of nitrogens with one attached hydrogen (secondary N) is 1. The van der Waals surface area contributed by atoms with Crippen LogP contribution in [0.1, 0.15) is 20.8 Å². The summed E-state index contributed by atoms with van der Waals surface area (Å²) in [5.41, 5.74) is 3.57. The fourth-order valence-electron chi connectivity index (χ4n) is 3.02. The summed E-state index contributed by atoms with van der Waals surface area (Å²) in [5, 5.41) is 10.8. The van der Waals surface area contributed by atoms with Crippen molar-refractivity contribution in [2.24, 2.45) is 5.14 Å². The van der Waals surface area contributed by atoms with Crippen LogP contribution >= 0.6 is 22.7 Å². The number of carbonyl (C=O) groups excluding carboxylic acids is 1. The monoisotopic (exact) mass is 455 g/mol. The summed E-state index contributed by atoms with van der Waals surface area (Å²) in [5.74, 6) is -0.0662. The molecule has 2 heterocycles. The zero-order valence-corrected chi connectivity index (χ0v) is 18.3. The predicted molar refractivity (Wildman–Crippen MR) is 121 cm³/mol. The number of nitrogens with zero attached hydrogens (tertiary/aromatic N) is 1. The second kappa shape index (κ2) is 8.11. The Balaban J connectivity index is 1.59. The third-order valence-corrected chi connectivity index (χ3v) is 7.77. The minimum Gasteiger partial charge on any atom is -0.332 e. The second-order valence-corrected chi connectivity index (χ2v) is 10.2. The maximum atomic E-state index is 12.7. The SMILES string of the molecule is Cc1ccccc1C(=O)c1cnc(Nc2cccc(-c3ccsc3S(N)(=O)=O)c2)s1. The van der Waals surface area contributed by atoms with E-state index in [4.69, 9.17) is 5.14 Å². The van der Waals surface area contributed by atoms with Crippen LogP contribution in [0.3, 0.4) is 0 Å². The first kappa shape index (κ1) is 20.4. The van der Waals surface area contributed by atoms with E-state index in [-0.39, 0.29) is 9.99 Å². The standard InChI is InChI=1S/C21H17N3O3S3/c1-13-5-2-3-8-16(13)19(25)18-12-23-21(29-18)24-15-7-4-6-14(11-15)17-9-10-28-20(17)30(22,26)27/h2-12H,1H3,(H,23,24)(H2,22,26,27). The molecule has 0 aliphatic carbocycles. The van der Waals surface area contributed by atoms with E-state index in [1.54, 1.807) is 23.7 Å². The van der Waals surface area contributed by atoms with E-state index in [9.17, 15) is 13.2 Å². The van der Waals surface area contributed by atoms with Crippen molar-refractivity contribution in [2.75, 3.05) is 5.32 Å². The highest BCUT2D eigenvalue weighted by atomic mass is 32.2. The molecule has 0 fully saturated rings. The van der Waals surface area contributed by atoms with Crippen LogP contribution in [-0.4, -0.2) is 19.2 Å². The summed E-state index contributed by atoms with van der Waals surface area (Å²) in [6, 6.07) is 16.5. The molecule has 30 heavy (non-hydrogen) atoms. The molecule has 6 nitrogen and oxygen atoms in total. The Morgan fingerprint density at radius 2 is 1.90 bits per heavy atom. The topological polar surface area (TPSA) is 102 Å². The van der Waals surface area contributed by atoms with Gasteiger partial charge in [-0.25, -0.2) is 18.5 Å². The maximum absolute atomic E-state index is 12.7. The fourth-order valence-corrected chi connectivity index (χ4v) is 5.64. The second-order valence-electron chi connectivity index (χ2n) is 6.55. The van der Waals surface area contributed by atoms with E-state index in [0.29, 0.717) is 21.1 Å². The number of hydrogen-bond acceptors (Lipinski definition) is 7. The summed E-state index contributed by atoms with van der Waals surface area (Å²) < 4.78 is 23.7. The number of sulfonamides is 1. The Kier molecular flexibility index (Phi) is 5.52. The average Bonchev–Trinajstić information content (AvgIpc) is 3.38. The van der Waals surface area contributed by atoms with Crippen molar-refractivity contribution in [1.82, 2.24) is 4.98 Å². The van der Waals surface area contributed by atoms with Crippen LogP contribution in [0.5, 0.6) is 0 Å². The number of aryl methyl sites for hydroxylation is 1. The number of anilines is 2. The molecule has 3 N–H and O–H groups in total. The molecule has 0 aliphatic rings. The van der Waals surface area contributed by atoms with Crippen molar-refractivity contribution in [2.45, 2.75) is 11.1 Å². The summed E-state index contributed by atoms with van der Waals surface area (Å²) in [6.07, 6.45) is 1.56.